The molecule has 0 saturated carbocycles. The Morgan fingerprint density at radius 1 is 1.17 bits per heavy atom. The zero-order chi connectivity index (χ0) is 9.19. The Hall–Kier alpha value is -0.670. The third-order valence-electron chi connectivity index (χ3n) is 2.47. The van der Waals surface area contributed by atoms with Crippen molar-refractivity contribution in [3.8, 4) is 0 Å². The van der Waals surface area contributed by atoms with Crippen molar-refractivity contribution < 1.29 is 0 Å². The Labute approximate surface area is 74.4 Å². The number of likely N-dealkylation sites (N-methyl/N-ethyl adjacent to an activating group) is 2. The van der Waals surface area contributed by atoms with Crippen molar-refractivity contribution in [1.29, 1.82) is 0 Å². The van der Waals surface area contributed by atoms with E-state index < -0.39 is 0 Å². The molecule has 3 nitrogen and oxygen atoms in total. The minimum atomic E-state index is 0.0156. The topological polar surface area (TPSA) is 18.8 Å². The second-order valence-corrected chi connectivity index (χ2v) is 3.52. The van der Waals surface area contributed by atoms with E-state index in [9.17, 15) is 0 Å². The average molecular weight is 167 g/mol. The van der Waals surface area contributed by atoms with Gasteiger partial charge in [0.05, 0.1) is 5.66 Å². The fraction of sp³-hybridized carbons (Fsp3) is 0.667. The van der Waals surface area contributed by atoms with Crippen molar-refractivity contribution in [2.45, 2.75) is 12.1 Å². The third kappa shape index (κ3) is 1.42. The number of rotatable bonds is 2. The first-order valence-electron chi connectivity index (χ1n) is 4.14. The Balaban J connectivity index is 2.88. The summed E-state index contributed by atoms with van der Waals surface area (Å²) in [6, 6.07) is 0. The Morgan fingerprint density at radius 3 is 2.00 bits per heavy atom. The second kappa shape index (κ2) is 3.37. The van der Waals surface area contributed by atoms with E-state index in [0.717, 1.165) is 6.42 Å². The van der Waals surface area contributed by atoms with Crippen molar-refractivity contribution in [2.24, 2.45) is 4.99 Å². The van der Waals surface area contributed by atoms with E-state index in [-0.39, 0.29) is 5.66 Å². The molecule has 0 fully saturated rings. The van der Waals surface area contributed by atoms with Gasteiger partial charge in [0.15, 0.2) is 0 Å². The first-order valence-corrected chi connectivity index (χ1v) is 4.14. The maximum atomic E-state index is 4.08. The molecule has 0 amide bonds. The van der Waals surface area contributed by atoms with Crippen molar-refractivity contribution in [2.75, 3.05) is 28.2 Å². The molecule has 0 bridgehead atoms. The predicted molar refractivity (Wildman–Crippen MR) is 52.4 cm³/mol. The summed E-state index contributed by atoms with van der Waals surface area (Å²) < 4.78 is 0. The van der Waals surface area contributed by atoms with Crippen LogP contribution in [0.5, 0.6) is 0 Å². The lowest BCUT2D eigenvalue weighted by molar-refractivity contribution is 0.0570. The van der Waals surface area contributed by atoms with Crippen molar-refractivity contribution in [1.82, 2.24) is 9.80 Å². The summed E-state index contributed by atoms with van der Waals surface area (Å²) in [5, 5.41) is 0. The highest BCUT2D eigenvalue weighted by Gasteiger charge is 2.32. The van der Waals surface area contributed by atoms with Crippen molar-refractivity contribution in [3.63, 3.8) is 0 Å². The van der Waals surface area contributed by atoms with Gasteiger partial charge < -0.3 is 0 Å². The first kappa shape index (κ1) is 9.42. The summed E-state index contributed by atoms with van der Waals surface area (Å²) in [5.41, 5.74) is 0.0156. The van der Waals surface area contributed by atoms with Crippen LogP contribution in [0.4, 0.5) is 0 Å². The van der Waals surface area contributed by atoms with Crippen LogP contribution in [-0.4, -0.2) is 49.9 Å². The molecule has 1 heterocycles. The fourth-order valence-corrected chi connectivity index (χ4v) is 1.54. The van der Waals surface area contributed by atoms with Crippen molar-refractivity contribution >= 4 is 6.21 Å². The largest absolute Gasteiger partial charge is 0.288 e. The summed E-state index contributed by atoms with van der Waals surface area (Å²) in [6.07, 6.45) is 6.90. The van der Waals surface area contributed by atoms with E-state index in [4.69, 9.17) is 0 Å². The van der Waals surface area contributed by atoms with Crippen LogP contribution in [0.3, 0.4) is 0 Å². The lowest BCUT2D eigenvalue weighted by atomic mass is 10.0. The van der Waals surface area contributed by atoms with Crippen molar-refractivity contribution in [3.05, 3.63) is 12.3 Å². The molecule has 3 heteroatoms. The Morgan fingerprint density at radius 2 is 1.75 bits per heavy atom. The van der Waals surface area contributed by atoms with Gasteiger partial charge in [-0.25, -0.2) is 0 Å². The van der Waals surface area contributed by atoms with Crippen LogP contribution in [0.2, 0.25) is 0 Å². The Bertz CT molecular complexity index is 196. The summed E-state index contributed by atoms with van der Waals surface area (Å²) in [5.74, 6) is 0. The van der Waals surface area contributed by atoms with Gasteiger partial charge >= 0.3 is 0 Å². The molecule has 68 valence electrons. The molecule has 12 heavy (non-hydrogen) atoms. The zero-order valence-corrected chi connectivity index (χ0v) is 8.28. The summed E-state index contributed by atoms with van der Waals surface area (Å²) >= 11 is 0. The SMILES string of the molecule is CN(C)C1(N(C)C)C=CN=CC1. The van der Waals surface area contributed by atoms with Crippen LogP contribution in [0.25, 0.3) is 0 Å². The molecule has 0 aromatic heterocycles. The molecule has 0 aromatic carbocycles. The van der Waals surface area contributed by atoms with Crippen LogP contribution in [0.15, 0.2) is 17.3 Å². The zero-order valence-electron chi connectivity index (χ0n) is 8.28. The van der Waals surface area contributed by atoms with Gasteiger partial charge in [-0.15, -0.1) is 0 Å². The molecule has 0 spiro atoms. The monoisotopic (exact) mass is 167 g/mol. The van der Waals surface area contributed by atoms with Gasteiger partial charge in [0.25, 0.3) is 0 Å². The number of aliphatic imine (C=N–C) groups is 1. The molecule has 0 N–H and O–H groups in total. The van der Waals surface area contributed by atoms with E-state index in [1.165, 1.54) is 0 Å². The lowest BCUT2D eigenvalue weighted by Gasteiger charge is -2.43. The average Bonchev–Trinajstić information content (AvgIpc) is 2.05. The molecule has 0 unspecified atom stereocenters. The fourth-order valence-electron chi connectivity index (χ4n) is 1.54. The summed E-state index contributed by atoms with van der Waals surface area (Å²) in [6.45, 7) is 0. The van der Waals surface area contributed by atoms with Gasteiger partial charge in [-0.05, 0) is 34.3 Å². The first-order chi connectivity index (χ1) is 5.59. The maximum Gasteiger partial charge on any atom is 0.0987 e. The highest BCUT2D eigenvalue weighted by Crippen LogP contribution is 2.22. The normalized spacial score (nSPS) is 20.8. The third-order valence-corrected chi connectivity index (χ3v) is 2.47. The molecule has 0 aliphatic carbocycles. The molecular weight excluding hydrogens is 150 g/mol. The van der Waals surface area contributed by atoms with Crippen LogP contribution < -0.4 is 0 Å². The van der Waals surface area contributed by atoms with E-state index in [1.807, 2.05) is 12.4 Å². The van der Waals surface area contributed by atoms with Gasteiger partial charge in [-0.1, -0.05) is 0 Å². The van der Waals surface area contributed by atoms with Crippen LogP contribution in [0.1, 0.15) is 6.42 Å². The van der Waals surface area contributed by atoms with Gasteiger partial charge in [-0.3, -0.25) is 14.8 Å². The predicted octanol–water partition coefficient (Wildman–Crippen LogP) is 0.794. The minimum Gasteiger partial charge on any atom is -0.288 e. The van der Waals surface area contributed by atoms with Crippen LogP contribution in [-0.2, 0) is 0 Å². The molecule has 0 saturated heterocycles. The van der Waals surface area contributed by atoms with Gasteiger partial charge in [0.1, 0.15) is 0 Å². The standard InChI is InChI=1S/C9H17N3/c1-11(2)9(12(3)4)5-7-10-8-6-9/h5,7-8H,6H2,1-4H3. The molecule has 1 rings (SSSR count). The highest BCUT2D eigenvalue weighted by atomic mass is 15.4. The smallest absolute Gasteiger partial charge is 0.0987 e. The highest BCUT2D eigenvalue weighted by molar-refractivity contribution is 5.62. The molecular formula is C9H17N3. The van der Waals surface area contributed by atoms with E-state index in [2.05, 4.69) is 49.1 Å². The quantitative estimate of drug-likeness (QED) is 0.566. The summed E-state index contributed by atoms with van der Waals surface area (Å²) in [7, 11) is 8.35. The van der Waals surface area contributed by atoms with Gasteiger partial charge in [0, 0.05) is 18.8 Å². The second-order valence-electron chi connectivity index (χ2n) is 3.52. The Kier molecular flexibility index (Phi) is 2.65. The lowest BCUT2D eigenvalue weighted by Crippen LogP contribution is -2.54. The molecule has 1 aliphatic rings. The minimum absolute atomic E-state index is 0.0156. The van der Waals surface area contributed by atoms with Crippen LogP contribution >= 0.6 is 0 Å². The van der Waals surface area contributed by atoms with Gasteiger partial charge in [0.2, 0.25) is 0 Å². The number of nitrogens with zero attached hydrogens (tertiary/aromatic N) is 3. The molecule has 0 aromatic rings. The van der Waals surface area contributed by atoms with E-state index in [0.29, 0.717) is 0 Å². The molecule has 1 aliphatic heterocycles. The molecule has 0 radical (unpaired) electrons. The van der Waals surface area contributed by atoms with Gasteiger partial charge in [-0.2, -0.15) is 0 Å². The van der Waals surface area contributed by atoms with Crippen LogP contribution in [0, 0.1) is 0 Å². The summed E-state index contributed by atoms with van der Waals surface area (Å²) in [4.78, 5) is 8.48. The number of hydrogen-bond donors (Lipinski definition) is 0. The van der Waals surface area contributed by atoms with E-state index in [1.54, 1.807) is 0 Å². The number of hydrogen-bond acceptors (Lipinski definition) is 3. The van der Waals surface area contributed by atoms with E-state index >= 15 is 0 Å². The maximum absolute atomic E-state index is 4.08. The molecule has 0 atom stereocenters.